The van der Waals surface area contributed by atoms with Crippen LogP contribution in [0.25, 0.3) is 0 Å². The SMILES string of the molecule is CCCCCCCC/C=C\CCCCCCCC(=O)SCCC(NC(=O)C(CCCCCC)CCCCCCCC)C(=O)NCCN1CCCCC1. The zero-order chi connectivity index (χ0) is 37.7. The lowest BCUT2D eigenvalue weighted by molar-refractivity contribution is -0.131. The number of hydrogen-bond donors (Lipinski definition) is 2. The lowest BCUT2D eigenvalue weighted by Crippen LogP contribution is -2.50. The molecule has 1 aliphatic rings. The van der Waals surface area contributed by atoms with Crippen LogP contribution in [0.1, 0.15) is 213 Å². The number of hydrogen-bond acceptors (Lipinski definition) is 5. The van der Waals surface area contributed by atoms with Gasteiger partial charge in [0.05, 0.1) is 0 Å². The highest BCUT2D eigenvalue weighted by molar-refractivity contribution is 8.13. The minimum absolute atomic E-state index is 0.0332. The Morgan fingerprint density at radius 1 is 0.596 bits per heavy atom. The van der Waals surface area contributed by atoms with E-state index in [0.717, 1.165) is 64.6 Å². The minimum Gasteiger partial charge on any atom is -0.353 e. The van der Waals surface area contributed by atoms with Crippen LogP contribution < -0.4 is 10.6 Å². The second kappa shape index (κ2) is 36.6. The quantitative estimate of drug-likeness (QED) is 0.0493. The number of likely N-dealkylation sites (tertiary alicyclic amines) is 1. The molecule has 0 aromatic carbocycles. The highest BCUT2D eigenvalue weighted by atomic mass is 32.2. The third kappa shape index (κ3) is 29.1. The van der Waals surface area contributed by atoms with Crippen molar-refractivity contribution in [2.24, 2.45) is 5.92 Å². The van der Waals surface area contributed by atoms with Crippen LogP contribution in [0.5, 0.6) is 0 Å². The van der Waals surface area contributed by atoms with Crippen LogP contribution in [0.15, 0.2) is 12.2 Å². The summed E-state index contributed by atoms with van der Waals surface area (Å²) in [5.74, 6) is 0.459. The van der Waals surface area contributed by atoms with E-state index < -0.39 is 6.04 Å². The summed E-state index contributed by atoms with van der Waals surface area (Å²) in [6, 6.07) is -0.586. The maximum absolute atomic E-state index is 13.7. The lowest BCUT2D eigenvalue weighted by atomic mass is 9.93. The summed E-state index contributed by atoms with van der Waals surface area (Å²) in [5.41, 5.74) is 0. The molecular formula is C45H85N3O3S. The van der Waals surface area contributed by atoms with Crippen molar-refractivity contribution in [3.63, 3.8) is 0 Å². The molecule has 0 spiro atoms. The molecule has 1 fully saturated rings. The summed E-state index contributed by atoms with van der Waals surface area (Å²) in [7, 11) is 0. The molecule has 0 radical (unpaired) electrons. The molecule has 52 heavy (non-hydrogen) atoms. The van der Waals surface area contributed by atoms with Crippen molar-refractivity contribution in [3.8, 4) is 0 Å². The predicted octanol–water partition coefficient (Wildman–Crippen LogP) is 12.1. The van der Waals surface area contributed by atoms with Gasteiger partial charge in [-0.25, -0.2) is 0 Å². The first kappa shape index (κ1) is 48.7. The van der Waals surface area contributed by atoms with E-state index >= 15 is 0 Å². The summed E-state index contributed by atoms with van der Waals surface area (Å²) < 4.78 is 0. The Labute approximate surface area is 327 Å². The normalized spacial score (nSPS) is 14.8. The first-order chi connectivity index (χ1) is 25.5. The number of allylic oxidation sites excluding steroid dienone is 2. The molecule has 2 amide bonds. The Morgan fingerprint density at radius 2 is 1.10 bits per heavy atom. The van der Waals surface area contributed by atoms with Crippen molar-refractivity contribution >= 4 is 28.7 Å². The van der Waals surface area contributed by atoms with Gasteiger partial charge in [0, 0.05) is 31.2 Å². The lowest BCUT2D eigenvalue weighted by Gasteiger charge is -2.27. The molecule has 7 heteroatoms. The molecule has 0 aromatic rings. The van der Waals surface area contributed by atoms with Crippen LogP contribution in [-0.4, -0.2) is 59.8 Å². The van der Waals surface area contributed by atoms with Crippen molar-refractivity contribution in [2.45, 2.75) is 219 Å². The minimum atomic E-state index is -0.586. The van der Waals surface area contributed by atoms with Crippen molar-refractivity contribution in [1.29, 1.82) is 0 Å². The van der Waals surface area contributed by atoms with Crippen LogP contribution in [0, 0.1) is 5.92 Å². The van der Waals surface area contributed by atoms with E-state index in [1.807, 2.05) is 0 Å². The van der Waals surface area contributed by atoms with Crippen LogP contribution in [0.3, 0.4) is 0 Å². The number of piperidine rings is 1. The maximum atomic E-state index is 13.7. The fraction of sp³-hybridized carbons (Fsp3) is 0.889. The van der Waals surface area contributed by atoms with Gasteiger partial charge in [0.25, 0.3) is 0 Å². The molecule has 0 aliphatic carbocycles. The zero-order valence-corrected chi connectivity index (χ0v) is 35.5. The number of carbonyl (C=O) groups is 3. The molecule has 0 bridgehead atoms. The molecule has 0 aromatic heterocycles. The second-order valence-corrected chi connectivity index (χ2v) is 16.9. The van der Waals surface area contributed by atoms with Gasteiger partial charge < -0.3 is 15.5 Å². The van der Waals surface area contributed by atoms with E-state index in [4.69, 9.17) is 0 Å². The number of thioether (sulfide) groups is 1. The number of amides is 2. The molecule has 0 saturated carbocycles. The number of nitrogens with one attached hydrogen (secondary N) is 2. The first-order valence-electron chi connectivity index (χ1n) is 22.6. The zero-order valence-electron chi connectivity index (χ0n) is 34.6. The van der Waals surface area contributed by atoms with Crippen LogP contribution in [0.4, 0.5) is 0 Å². The van der Waals surface area contributed by atoms with E-state index in [1.165, 1.54) is 147 Å². The summed E-state index contributed by atoms with van der Waals surface area (Å²) in [4.78, 5) is 42.3. The highest BCUT2D eigenvalue weighted by Crippen LogP contribution is 2.21. The summed E-state index contributed by atoms with van der Waals surface area (Å²) in [6.07, 6.45) is 39.5. The molecule has 2 unspecified atom stereocenters. The summed E-state index contributed by atoms with van der Waals surface area (Å²) in [5, 5.41) is 6.53. The van der Waals surface area contributed by atoms with Crippen molar-refractivity contribution in [2.75, 3.05) is 31.9 Å². The Bertz CT molecular complexity index is 876. The van der Waals surface area contributed by atoms with Crippen LogP contribution >= 0.6 is 11.8 Å². The molecule has 1 heterocycles. The molecule has 1 aliphatic heterocycles. The monoisotopic (exact) mass is 748 g/mol. The van der Waals surface area contributed by atoms with E-state index in [9.17, 15) is 14.4 Å². The Kier molecular flexibility index (Phi) is 34.3. The van der Waals surface area contributed by atoms with Crippen LogP contribution in [-0.2, 0) is 14.4 Å². The van der Waals surface area contributed by atoms with Gasteiger partial charge in [0.2, 0.25) is 11.8 Å². The highest BCUT2D eigenvalue weighted by Gasteiger charge is 2.25. The number of carbonyl (C=O) groups excluding carboxylic acids is 3. The van der Waals surface area contributed by atoms with Gasteiger partial charge >= 0.3 is 0 Å². The largest absolute Gasteiger partial charge is 0.353 e. The first-order valence-corrected chi connectivity index (χ1v) is 23.6. The average Bonchev–Trinajstić information content (AvgIpc) is 3.15. The van der Waals surface area contributed by atoms with E-state index in [-0.39, 0.29) is 22.8 Å². The van der Waals surface area contributed by atoms with Gasteiger partial charge in [0.15, 0.2) is 5.12 Å². The topological polar surface area (TPSA) is 78.5 Å². The van der Waals surface area contributed by atoms with Gasteiger partial charge in [-0.2, -0.15) is 0 Å². The summed E-state index contributed by atoms with van der Waals surface area (Å²) >= 11 is 1.35. The second-order valence-electron chi connectivity index (χ2n) is 15.7. The predicted molar refractivity (Wildman–Crippen MR) is 227 cm³/mol. The molecular weight excluding hydrogens is 663 g/mol. The molecule has 2 atom stereocenters. The van der Waals surface area contributed by atoms with Crippen molar-refractivity contribution in [1.82, 2.24) is 15.5 Å². The summed E-state index contributed by atoms with van der Waals surface area (Å²) in [6.45, 7) is 10.4. The maximum Gasteiger partial charge on any atom is 0.242 e. The van der Waals surface area contributed by atoms with Gasteiger partial charge in [-0.05, 0) is 77.3 Å². The number of rotatable bonds is 36. The van der Waals surface area contributed by atoms with Gasteiger partial charge in [-0.3, -0.25) is 14.4 Å². The van der Waals surface area contributed by atoms with Gasteiger partial charge in [-0.15, -0.1) is 0 Å². The molecule has 2 N–H and O–H groups in total. The van der Waals surface area contributed by atoms with E-state index in [0.29, 0.717) is 25.1 Å². The smallest absolute Gasteiger partial charge is 0.242 e. The molecule has 6 nitrogen and oxygen atoms in total. The average molecular weight is 748 g/mol. The van der Waals surface area contributed by atoms with Gasteiger partial charge in [0.1, 0.15) is 6.04 Å². The molecule has 1 saturated heterocycles. The Balaban J connectivity index is 2.48. The van der Waals surface area contributed by atoms with E-state index in [2.05, 4.69) is 48.5 Å². The third-order valence-electron chi connectivity index (χ3n) is 10.8. The standard InChI is InChI=1S/C45H85N3O3S/c1-4-7-10-13-15-16-17-18-19-20-21-22-23-25-29-34-43(49)52-40-35-42(45(51)46-36-39-48-37-30-26-31-38-48)47-44(50)41(32-27-12-9-6-3)33-28-24-14-11-8-5-2/h18-19,41-42H,4-17,20-40H2,1-3H3,(H,46,51)(H,47,50)/b19-18-. The Morgan fingerprint density at radius 3 is 1.67 bits per heavy atom. The van der Waals surface area contributed by atoms with Gasteiger partial charge in [-0.1, -0.05) is 167 Å². The molecule has 1 rings (SSSR count). The molecule has 304 valence electrons. The van der Waals surface area contributed by atoms with Crippen molar-refractivity contribution in [3.05, 3.63) is 12.2 Å². The van der Waals surface area contributed by atoms with Crippen molar-refractivity contribution < 1.29 is 14.4 Å². The number of unbranched alkanes of at least 4 members (excludes halogenated alkanes) is 19. The third-order valence-corrected chi connectivity index (χ3v) is 11.8. The fourth-order valence-electron chi connectivity index (χ4n) is 7.30. The van der Waals surface area contributed by atoms with E-state index in [1.54, 1.807) is 0 Å². The Hall–Kier alpha value is -1.34. The van der Waals surface area contributed by atoms with Crippen LogP contribution in [0.2, 0.25) is 0 Å². The number of nitrogens with zero attached hydrogens (tertiary/aromatic N) is 1. The fourth-order valence-corrected chi connectivity index (χ4v) is 8.17.